The molecule has 2 aliphatic rings. The van der Waals surface area contributed by atoms with Gasteiger partial charge in [-0.05, 0) is 38.8 Å². The Bertz CT molecular complexity index is 449. The van der Waals surface area contributed by atoms with E-state index in [1.807, 2.05) is 19.2 Å². The molecule has 1 saturated carbocycles. The zero-order chi connectivity index (χ0) is 13.9. The quantitative estimate of drug-likeness (QED) is 0.811. The summed E-state index contributed by atoms with van der Waals surface area (Å²) >= 11 is 0. The highest BCUT2D eigenvalue weighted by atomic mass is 16.5. The maximum Gasteiger partial charge on any atom is 0.225 e. The highest BCUT2D eigenvalue weighted by molar-refractivity contribution is 5.31. The average Bonchev–Trinajstić information content (AvgIpc) is 3.22. The van der Waals surface area contributed by atoms with Crippen molar-refractivity contribution in [2.45, 2.75) is 25.9 Å². The Hall–Kier alpha value is -1.20. The molecule has 5 nitrogen and oxygen atoms in total. The van der Waals surface area contributed by atoms with E-state index in [1.54, 1.807) is 0 Å². The minimum atomic E-state index is 0.261. The molecule has 2 fully saturated rings. The second-order valence-corrected chi connectivity index (χ2v) is 6.10. The molecule has 20 heavy (non-hydrogen) atoms. The third-order valence-electron chi connectivity index (χ3n) is 4.01. The van der Waals surface area contributed by atoms with Gasteiger partial charge in [0, 0.05) is 38.1 Å². The normalized spacial score (nSPS) is 23.8. The maximum atomic E-state index is 5.89. The van der Waals surface area contributed by atoms with Crippen molar-refractivity contribution < 1.29 is 4.74 Å². The summed E-state index contributed by atoms with van der Waals surface area (Å²) in [6.45, 7) is 6.82. The SMILES string of the molecule is Cc1ccnc(N(CC2CC2)C[C@H]2CN(C)CCO2)n1. The molecule has 0 amide bonds. The fraction of sp³-hybridized carbons (Fsp3) is 0.733. The summed E-state index contributed by atoms with van der Waals surface area (Å²) in [4.78, 5) is 13.7. The van der Waals surface area contributed by atoms with Crippen molar-refractivity contribution in [3.8, 4) is 0 Å². The molecule has 1 aromatic heterocycles. The summed E-state index contributed by atoms with van der Waals surface area (Å²) in [6.07, 6.45) is 4.80. The largest absolute Gasteiger partial charge is 0.374 e. The van der Waals surface area contributed by atoms with Gasteiger partial charge in [-0.2, -0.15) is 0 Å². The van der Waals surface area contributed by atoms with Crippen molar-refractivity contribution in [2.75, 3.05) is 44.7 Å². The van der Waals surface area contributed by atoms with Crippen LogP contribution in [0.2, 0.25) is 0 Å². The molecular formula is C15H24N4O. The van der Waals surface area contributed by atoms with Crippen LogP contribution >= 0.6 is 0 Å². The number of hydrogen-bond donors (Lipinski definition) is 0. The summed E-state index contributed by atoms with van der Waals surface area (Å²) < 4.78 is 5.89. The van der Waals surface area contributed by atoms with E-state index >= 15 is 0 Å². The van der Waals surface area contributed by atoms with Crippen LogP contribution < -0.4 is 4.90 Å². The van der Waals surface area contributed by atoms with Crippen LogP contribution in [0.15, 0.2) is 12.3 Å². The number of anilines is 1. The Labute approximate surface area is 121 Å². The second kappa shape index (κ2) is 6.06. The number of likely N-dealkylation sites (N-methyl/N-ethyl adjacent to an activating group) is 1. The number of hydrogen-bond acceptors (Lipinski definition) is 5. The van der Waals surface area contributed by atoms with Crippen LogP contribution in [0.5, 0.6) is 0 Å². The van der Waals surface area contributed by atoms with Crippen molar-refractivity contribution in [3.05, 3.63) is 18.0 Å². The first-order chi connectivity index (χ1) is 9.70. The van der Waals surface area contributed by atoms with Crippen LogP contribution in [0.1, 0.15) is 18.5 Å². The van der Waals surface area contributed by atoms with Crippen molar-refractivity contribution in [1.82, 2.24) is 14.9 Å². The first-order valence-electron chi connectivity index (χ1n) is 7.55. The minimum Gasteiger partial charge on any atom is -0.374 e. The molecule has 3 rings (SSSR count). The van der Waals surface area contributed by atoms with Gasteiger partial charge in [0.25, 0.3) is 0 Å². The number of ether oxygens (including phenoxy) is 1. The Morgan fingerprint density at radius 2 is 2.25 bits per heavy atom. The van der Waals surface area contributed by atoms with E-state index in [1.165, 1.54) is 12.8 Å². The van der Waals surface area contributed by atoms with Crippen molar-refractivity contribution in [1.29, 1.82) is 0 Å². The lowest BCUT2D eigenvalue weighted by molar-refractivity contribution is -0.0149. The minimum absolute atomic E-state index is 0.261. The lowest BCUT2D eigenvalue weighted by atomic mass is 10.2. The van der Waals surface area contributed by atoms with Gasteiger partial charge >= 0.3 is 0 Å². The number of rotatable bonds is 5. The molecule has 0 bridgehead atoms. The van der Waals surface area contributed by atoms with Crippen molar-refractivity contribution >= 4 is 5.95 Å². The standard InChI is InChI=1S/C15H24N4O/c1-12-5-6-16-15(17-12)19(9-13-3-4-13)11-14-10-18(2)7-8-20-14/h5-6,13-14H,3-4,7-11H2,1-2H3/t14-/m1/s1. The first kappa shape index (κ1) is 13.8. The molecule has 0 unspecified atom stereocenters. The highest BCUT2D eigenvalue weighted by Crippen LogP contribution is 2.30. The van der Waals surface area contributed by atoms with Crippen LogP contribution in [-0.4, -0.2) is 60.8 Å². The monoisotopic (exact) mass is 276 g/mol. The molecule has 1 saturated heterocycles. The van der Waals surface area contributed by atoms with Gasteiger partial charge in [0.2, 0.25) is 5.95 Å². The Balaban J connectivity index is 1.68. The van der Waals surface area contributed by atoms with Gasteiger partial charge in [-0.3, -0.25) is 0 Å². The molecule has 0 aromatic carbocycles. The van der Waals surface area contributed by atoms with E-state index in [9.17, 15) is 0 Å². The summed E-state index contributed by atoms with van der Waals surface area (Å²) in [6, 6.07) is 1.95. The lowest BCUT2D eigenvalue weighted by Crippen LogP contribution is -2.47. The van der Waals surface area contributed by atoms with Crippen LogP contribution in [-0.2, 0) is 4.74 Å². The summed E-state index contributed by atoms with van der Waals surface area (Å²) in [7, 11) is 2.16. The maximum absolute atomic E-state index is 5.89. The summed E-state index contributed by atoms with van der Waals surface area (Å²) in [5.41, 5.74) is 1.03. The molecule has 2 heterocycles. The summed E-state index contributed by atoms with van der Waals surface area (Å²) in [5.74, 6) is 1.68. The van der Waals surface area contributed by atoms with E-state index in [0.29, 0.717) is 0 Å². The first-order valence-corrected chi connectivity index (χ1v) is 7.55. The molecule has 0 spiro atoms. The molecule has 110 valence electrons. The predicted octanol–water partition coefficient (Wildman–Crippen LogP) is 1.33. The Morgan fingerprint density at radius 3 is 2.95 bits per heavy atom. The molecule has 0 N–H and O–H groups in total. The fourth-order valence-electron chi connectivity index (χ4n) is 2.66. The fourth-order valence-corrected chi connectivity index (χ4v) is 2.66. The van der Waals surface area contributed by atoms with Crippen LogP contribution in [0.3, 0.4) is 0 Å². The van der Waals surface area contributed by atoms with E-state index < -0.39 is 0 Å². The summed E-state index contributed by atoms with van der Waals surface area (Å²) in [5, 5.41) is 0. The molecule has 1 aliphatic heterocycles. The van der Waals surface area contributed by atoms with Gasteiger partial charge in [-0.1, -0.05) is 0 Å². The average molecular weight is 276 g/mol. The van der Waals surface area contributed by atoms with Gasteiger partial charge < -0.3 is 14.5 Å². The zero-order valence-corrected chi connectivity index (χ0v) is 12.5. The molecule has 1 aliphatic carbocycles. The van der Waals surface area contributed by atoms with E-state index in [0.717, 1.165) is 50.3 Å². The lowest BCUT2D eigenvalue weighted by Gasteiger charge is -2.34. The molecule has 5 heteroatoms. The van der Waals surface area contributed by atoms with Gasteiger partial charge in [0.05, 0.1) is 12.7 Å². The number of aryl methyl sites for hydroxylation is 1. The molecule has 0 radical (unpaired) electrons. The number of nitrogens with zero attached hydrogens (tertiary/aromatic N) is 4. The van der Waals surface area contributed by atoms with Gasteiger partial charge in [-0.25, -0.2) is 9.97 Å². The molecule has 1 atom stereocenters. The molecular weight excluding hydrogens is 252 g/mol. The number of morpholine rings is 1. The Morgan fingerprint density at radius 1 is 1.40 bits per heavy atom. The Kier molecular flexibility index (Phi) is 4.17. The molecule has 1 aromatic rings. The van der Waals surface area contributed by atoms with E-state index in [2.05, 4.69) is 26.8 Å². The van der Waals surface area contributed by atoms with Gasteiger partial charge in [0.1, 0.15) is 0 Å². The second-order valence-electron chi connectivity index (χ2n) is 6.10. The van der Waals surface area contributed by atoms with Crippen LogP contribution in [0, 0.1) is 12.8 Å². The number of aromatic nitrogens is 2. The third kappa shape index (κ3) is 3.67. The van der Waals surface area contributed by atoms with E-state index in [-0.39, 0.29) is 6.10 Å². The van der Waals surface area contributed by atoms with E-state index in [4.69, 9.17) is 4.74 Å². The predicted molar refractivity (Wildman–Crippen MR) is 78.9 cm³/mol. The third-order valence-corrected chi connectivity index (χ3v) is 4.01. The van der Waals surface area contributed by atoms with Crippen molar-refractivity contribution in [3.63, 3.8) is 0 Å². The van der Waals surface area contributed by atoms with Crippen LogP contribution in [0.4, 0.5) is 5.95 Å². The van der Waals surface area contributed by atoms with Crippen molar-refractivity contribution in [2.24, 2.45) is 5.92 Å². The smallest absolute Gasteiger partial charge is 0.225 e. The van der Waals surface area contributed by atoms with Crippen LogP contribution in [0.25, 0.3) is 0 Å². The highest BCUT2D eigenvalue weighted by Gasteiger charge is 2.28. The zero-order valence-electron chi connectivity index (χ0n) is 12.5. The van der Waals surface area contributed by atoms with Gasteiger partial charge in [-0.15, -0.1) is 0 Å². The van der Waals surface area contributed by atoms with Gasteiger partial charge in [0.15, 0.2) is 0 Å². The topological polar surface area (TPSA) is 41.5 Å².